The van der Waals surface area contributed by atoms with Crippen LogP contribution in [-0.2, 0) is 6.42 Å². The molecule has 2 aromatic carbocycles. The number of carbonyl (C=O) groups excluding carboxylic acids is 1. The van der Waals surface area contributed by atoms with Gasteiger partial charge in [-0.1, -0.05) is 18.2 Å². The summed E-state index contributed by atoms with van der Waals surface area (Å²) in [6.07, 6.45) is 3.61. The molecule has 1 atom stereocenters. The Bertz CT molecular complexity index is 941. The van der Waals surface area contributed by atoms with Gasteiger partial charge in [0.05, 0.1) is 11.3 Å². The summed E-state index contributed by atoms with van der Waals surface area (Å²) in [5.41, 5.74) is 3.32. The van der Waals surface area contributed by atoms with Crippen LogP contribution in [0.4, 0.5) is 11.4 Å². The number of nitrogens with one attached hydrogen (secondary N) is 2. The van der Waals surface area contributed by atoms with Gasteiger partial charge in [-0.2, -0.15) is 0 Å². The number of anilines is 2. The van der Waals surface area contributed by atoms with E-state index >= 15 is 0 Å². The summed E-state index contributed by atoms with van der Waals surface area (Å²) < 4.78 is 6.14. The van der Waals surface area contributed by atoms with Crippen molar-refractivity contribution in [2.75, 3.05) is 16.8 Å². The Morgan fingerprint density at radius 1 is 1.37 bits per heavy atom. The molecule has 2 aliphatic rings. The quantitative estimate of drug-likeness (QED) is 0.617. The molecule has 0 bridgehead atoms. The van der Waals surface area contributed by atoms with Crippen LogP contribution in [0.15, 0.2) is 49.1 Å². The number of para-hydroxylation sites is 1. The van der Waals surface area contributed by atoms with Crippen LogP contribution in [0.2, 0.25) is 0 Å². The number of thiocarbonyl (C=S) groups is 1. The lowest BCUT2D eigenvalue weighted by molar-refractivity contribution is 0.0975. The van der Waals surface area contributed by atoms with Gasteiger partial charge in [-0.25, -0.2) is 0 Å². The first-order valence-electron chi connectivity index (χ1n) is 9.01. The fraction of sp³-hybridized carbons (Fsp3) is 0.238. The summed E-state index contributed by atoms with van der Waals surface area (Å²) in [7, 11) is 0. The first-order chi connectivity index (χ1) is 13.1. The number of hydrogen-bond acceptors (Lipinski definition) is 3. The van der Waals surface area contributed by atoms with Gasteiger partial charge in [-0.3, -0.25) is 4.79 Å². The minimum Gasteiger partial charge on any atom is -0.454 e. The third kappa shape index (κ3) is 3.17. The Hall–Kier alpha value is -2.86. The van der Waals surface area contributed by atoms with Crippen molar-refractivity contribution in [3.05, 3.63) is 60.2 Å². The third-order valence-electron chi connectivity index (χ3n) is 4.91. The molecular weight excluding hydrogens is 358 g/mol. The molecule has 2 aromatic rings. The largest absolute Gasteiger partial charge is 0.454 e. The van der Waals surface area contributed by atoms with E-state index in [1.165, 1.54) is 0 Å². The van der Waals surface area contributed by atoms with Gasteiger partial charge < -0.3 is 20.3 Å². The predicted octanol–water partition coefficient (Wildman–Crippen LogP) is 4.25. The lowest BCUT2D eigenvalue weighted by atomic mass is 9.95. The zero-order chi connectivity index (χ0) is 19.0. The number of fused-ring (bicyclic) bond motifs is 1. The molecule has 138 valence electrons. The van der Waals surface area contributed by atoms with E-state index in [1.807, 2.05) is 29.2 Å². The molecule has 0 saturated carbocycles. The molecule has 27 heavy (non-hydrogen) atoms. The van der Waals surface area contributed by atoms with Gasteiger partial charge >= 0.3 is 0 Å². The van der Waals surface area contributed by atoms with E-state index in [4.69, 9.17) is 17.0 Å². The second-order valence-corrected chi connectivity index (χ2v) is 7.17. The van der Waals surface area contributed by atoms with Crippen molar-refractivity contribution in [3.8, 4) is 11.5 Å². The molecule has 4 rings (SSSR count). The summed E-state index contributed by atoms with van der Waals surface area (Å²) in [5.74, 6) is 1.25. The van der Waals surface area contributed by atoms with Crippen LogP contribution in [0.3, 0.4) is 0 Å². The minimum absolute atomic E-state index is 0.0444. The van der Waals surface area contributed by atoms with Gasteiger partial charge in [0, 0.05) is 18.3 Å². The standard InChI is InChI=1S/C21H21N3O2S/c1-3-11-22-21(27)23-15-9-10-17-16(12-15)20(25)24-13(2)7-8-14-5-4-6-18(26-17)19(14)24/h3-6,9-10,12-13H,1,7-8,11H2,2H3,(H2,22,23,27). The predicted molar refractivity (Wildman–Crippen MR) is 112 cm³/mol. The zero-order valence-electron chi connectivity index (χ0n) is 15.1. The first kappa shape index (κ1) is 17.5. The molecule has 2 N–H and O–H groups in total. The lowest BCUT2D eigenvalue weighted by Gasteiger charge is -2.34. The average molecular weight is 379 g/mol. The fourth-order valence-electron chi connectivity index (χ4n) is 3.59. The van der Waals surface area contributed by atoms with E-state index < -0.39 is 0 Å². The van der Waals surface area contributed by atoms with Crippen LogP contribution >= 0.6 is 12.2 Å². The van der Waals surface area contributed by atoms with E-state index in [1.54, 1.807) is 12.1 Å². The molecule has 0 saturated heterocycles. The molecule has 0 aromatic heterocycles. The Balaban J connectivity index is 1.73. The number of rotatable bonds is 3. The highest BCUT2D eigenvalue weighted by atomic mass is 32.1. The number of benzene rings is 2. The maximum Gasteiger partial charge on any atom is 0.262 e. The average Bonchev–Trinajstić information content (AvgIpc) is 2.79. The topological polar surface area (TPSA) is 53.6 Å². The maximum absolute atomic E-state index is 13.4. The molecule has 1 amide bonds. The van der Waals surface area contributed by atoms with Crippen LogP contribution in [0.5, 0.6) is 11.5 Å². The number of aryl methyl sites for hydroxylation is 1. The third-order valence-corrected chi connectivity index (χ3v) is 5.16. The van der Waals surface area contributed by atoms with E-state index in [2.05, 4.69) is 30.2 Å². The maximum atomic E-state index is 13.4. The number of amides is 1. The van der Waals surface area contributed by atoms with E-state index in [9.17, 15) is 4.79 Å². The molecule has 5 nitrogen and oxygen atoms in total. The van der Waals surface area contributed by atoms with Crippen LogP contribution in [0.25, 0.3) is 0 Å². The van der Waals surface area contributed by atoms with Crippen molar-refractivity contribution in [3.63, 3.8) is 0 Å². The molecular formula is C21H21N3O2S. The molecule has 2 aliphatic heterocycles. The Morgan fingerprint density at radius 3 is 3.04 bits per heavy atom. The van der Waals surface area contributed by atoms with E-state index in [0.29, 0.717) is 23.0 Å². The van der Waals surface area contributed by atoms with Gasteiger partial charge in [-0.15, -0.1) is 6.58 Å². The van der Waals surface area contributed by atoms with Gasteiger partial charge in [0.25, 0.3) is 5.91 Å². The number of ether oxygens (including phenoxy) is 1. The van der Waals surface area contributed by atoms with E-state index in [-0.39, 0.29) is 11.9 Å². The van der Waals surface area contributed by atoms with Crippen molar-refractivity contribution in [2.45, 2.75) is 25.8 Å². The lowest BCUT2D eigenvalue weighted by Crippen LogP contribution is -2.41. The monoisotopic (exact) mass is 379 g/mol. The SMILES string of the molecule is C=CCNC(=S)Nc1ccc2c(c1)C(=O)N1c3c(cccc3O2)CCC1C. The number of carbonyl (C=O) groups is 1. The molecule has 0 radical (unpaired) electrons. The van der Waals surface area contributed by atoms with Crippen LogP contribution in [0.1, 0.15) is 29.3 Å². The summed E-state index contributed by atoms with van der Waals surface area (Å²) in [5, 5.41) is 6.60. The van der Waals surface area contributed by atoms with Crippen molar-refractivity contribution in [2.24, 2.45) is 0 Å². The summed E-state index contributed by atoms with van der Waals surface area (Å²) in [6.45, 7) is 6.31. The molecule has 1 unspecified atom stereocenters. The second kappa shape index (κ2) is 7.04. The van der Waals surface area contributed by atoms with Gasteiger partial charge in [-0.05, 0) is 61.8 Å². The van der Waals surface area contributed by atoms with Gasteiger partial charge in [0.15, 0.2) is 10.9 Å². The Kier molecular flexibility index (Phi) is 4.58. The van der Waals surface area contributed by atoms with Crippen molar-refractivity contribution in [1.29, 1.82) is 0 Å². The number of nitrogens with zero attached hydrogens (tertiary/aromatic N) is 1. The smallest absolute Gasteiger partial charge is 0.262 e. The normalized spacial score (nSPS) is 17.1. The van der Waals surface area contributed by atoms with Gasteiger partial charge in [0.1, 0.15) is 5.75 Å². The van der Waals surface area contributed by atoms with Crippen molar-refractivity contribution < 1.29 is 9.53 Å². The van der Waals surface area contributed by atoms with Crippen LogP contribution in [0, 0.1) is 0 Å². The molecule has 0 fully saturated rings. The summed E-state index contributed by atoms with van der Waals surface area (Å²) in [6, 6.07) is 11.6. The van der Waals surface area contributed by atoms with Crippen LogP contribution < -0.4 is 20.3 Å². The highest BCUT2D eigenvalue weighted by molar-refractivity contribution is 7.80. The van der Waals surface area contributed by atoms with Crippen LogP contribution in [-0.4, -0.2) is 23.6 Å². The number of hydrogen-bond donors (Lipinski definition) is 2. The first-order valence-corrected chi connectivity index (χ1v) is 9.42. The highest BCUT2D eigenvalue weighted by Gasteiger charge is 2.35. The van der Waals surface area contributed by atoms with Crippen molar-refractivity contribution >= 4 is 34.6 Å². The Labute approximate surface area is 164 Å². The van der Waals surface area contributed by atoms with E-state index in [0.717, 1.165) is 35.5 Å². The highest BCUT2D eigenvalue weighted by Crippen LogP contribution is 2.45. The fourth-order valence-corrected chi connectivity index (χ4v) is 3.79. The molecule has 0 spiro atoms. The zero-order valence-corrected chi connectivity index (χ0v) is 15.9. The Morgan fingerprint density at radius 2 is 2.22 bits per heavy atom. The van der Waals surface area contributed by atoms with Crippen molar-refractivity contribution in [1.82, 2.24) is 5.32 Å². The summed E-state index contributed by atoms with van der Waals surface area (Å²) >= 11 is 5.26. The molecule has 2 heterocycles. The second-order valence-electron chi connectivity index (χ2n) is 6.76. The summed E-state index contributed by atoms with van der Waals surface area (Å²) in [4.78, 5) is 15.3. The molecule has 0 aliphatic carbocycles. The minimum atomic E-state index is -0.0444. The molecule has 6 heteroatoms. The van der Waals surface area contributed by atoms with Gasteiger partial charge in [0.2, 0.25) is 0 Å².